The van der Waals surface area contributed by atoms with Crippen LogP contribution in [0.4, 0.5) is 0 Å². The monoisotopic (exact) mass is 255 g/mol. The predicted molar refractivity (Wildman–Crippen MR) is 71.0 cm³/mol. The molecule has 0 saturated heterocycles. The number of rotatable bonds is 7. The van der Waals surface area contributed by atoms with E-state index in [9.17, 15) is 9.90 Å². The molecule has 4 heteroatoms. The lowest BCUT2D eigenvalue weighted by Gasteiger charge is -2.14. The van der Waals surface area contributed by atoms with Crippen molar-refractivity contribution >= 4 is 17.2 Å². The first-order valence-electron chi connectivity index (χ1n) is 6.14. The van der Waals surface area contributed by atoms with Crippen molar-refractivity contribution < 1.29 is 9.90 Å². The summed E-state index contributed by atoms with van der Waals surface area (Å²) < 4.78 is 0. The van der Waals surface area contributed by atoms with Crippen LogP contribution >= 0.6 is 11.3 Å². The number of carbonyl (C=O) groups is 1. The maximum absolute atomic E-state index is 11.6. The minimum Gasteiger partial charge on any atom is -0.387 e. The topological polar surface area (TPSA) is 49.3 Å². The highest BCUT2D eigenvalue weighted by molar-refractivity contribution is 7.07. The van der Waals surface area contributed by atoms with Crippen molar-refractivity contribution in [1.82, 2.24) is 5.32 Å². The molecule has 3 nitrogen and oxygen atoms in total. The molecule has 0 aliphatic carbocycles. The van der Waals surface area contributed by atoms with Crippen LogP contribution in [0.15, 0.2) is 16.8 Å². The fraction of sp³-hybridized carbons (Fsp3) is 0.615. The van der Waals surface area contributed by atoms with Crippen LogP contribution in [0.2, 0.25) is 0 Å². The van der Waals surface area contributed by atoms with Crippen LogP contribution in [-0.2, 0) is 4.79 Å². The van der Waals surface area contributed by atoms with Gasteiger partial charge in [-0.15, -0.1) is 0 Å². The lowest BCUT2D eigenvalue weighted by atomic mass is 9.99. The lowest BCUT2D eigenvalue weighted by Crippen LogP contribution is -2.29. The normalized spacial score (nSPS) is 12.7. The van der Waals surface area contributed by atoms with Crippen molar-refractivity contribution in [3.05, 3.63) is 22.4 Å². The van der Waals surface area contributed by atoms with Gasteiger partial charge in [-0.2, -0.15) is 11.3 Å². The minimum absolute atomic E-state index is 0.0352. The molecule has 0 saturated carbocycles. The van der Waals surface area contributed by atoms with Crippen LogP contribution in [0, 0.1) is 5.92 Å². The zero-order valence-corrected chi connectivity index (χ0v) is 11.3. The molecule has 0 aliphatic rings. The van der Waals surface area contributed by atoms with E-state index in [1.165, 1.54) is 0 Å². The number of aliphatic hydroxyl groups is 1. The molecule has 0 spiro atoms. The second-order valence-electron chi connectivity index (χ2n) is 4.26. The first-order chi connectivity index (χ1) is 8.17. The molecular weight excluding hydrogens is 234 g/mol. The molecule has 2 N–H and O–H groups in total. The second kappa shape index (κ2) is 7.45. The number of thiophene rings is 1. The molecule has 1 aromatic heterocycles. The van der Waals surface area contributed by atoms with E-state index < -0.39 is 6.10 Å². The van der Waals surface area contributed by atoms with Gasteiger partial charge in [0, 0.05) is 13.0 Å². The van der Waals surface area contributed by atoms with Crippen molar-refractivity contribution in [3.8, 4) is 0 Å². The molecule has 1 unspecified atom stereocenters. The van der Waals surface area contributed by atoms with Gasteiger partial charge in [0.25, 0.3) is 0 Å². The molecule has 1 atom stereocenters. The lowest BCUT2D eigenvalue weighted by molar-refractivity contribution is -0.122. The number of nitrogens with one attached hydrogen (secondary N) is 1. The Bertz CT molecular complexity index is 320. The Labute approximate surface area is 107 Å². The number of hydrogen-bond donors (Lipinski definition) is 2. The Morgan fingerprint density at radius 1 is 1.47 bits per heavy atom. The molecule has 0 radical (unpaired) electrons. The summed E-state index contributed by atoms with van der Waals surface area (Å²) in [5.41, 5.74) is 0.873. The van der Waals surface area contributed by atoms with Gasteiger partial charge >= 0.3 is 0 Å². The summed E-state index contributed by atoms with van der Waals surface area (Å²) in [5, 5.41) is 16.4. The highest BCUT2D eigenvalue weighted by Crippen LogP contribution is 2.16. The summed E-state index contributed by atoms with van der Waals surface area (Å²) in [6.45, 7) is 4.50. The number of aliphatic hydroxyl groups excluding tert-OH is 1. The van der Waals surface area contributed by atoms with Crippen molar-refractivity contribution in [2.24, 2.45) is 5.92 Å². The Kier molecular flexibility index (Phi) is 6.22. The van der Waals surface area contributed by atoms with Gasteiger partial charge < -0.3 is 10.4 Å². The molecule has 1 aromatic rings. The molecule has 1 rings (SSSR count). The molecule has 96 valence electrons. The zero-order valence-electron chi connectivity index (χ0n) is 10.5. The summed E-state index contributed by atoms with van der Waals surface area (Å²) in [6, 6.07) is 1.88. The Morgan fingerprint density at radius 3 is 2.71 bits per heavy atom. The first kappa shape index (κ1) is 14.2. The third kappa shape index (κ3) is 4.88. The van der Waals surface area contributed by atoms with E-state index in [2.05, 4.69) is 19.2 Å². The van der Waals surface area contributed by atoms with E-state index in [0.29, 0.717) is 18.9 Å². The van der Waals surface area contributed by atoms with Gasteiger partial charge in [0.05, 0.1) is 6.10 Å². The average molecular weight is 255 g/mol. The summed E-state index contributed by atoms with van der Waals surface area (Å²) in [4.78, 5) is 11.6. The van der Waals surface area contributed by atoms with E-state index >= 15 is 0 Å². The maximum Gasteiger partial charge on any atom is 0.220 e. The largest absolute Gasteiger partial charge is 0.387 e. The van der Waals surface area contributed by atoms with Gasteiger partial charge in [0.1, 0.15) is 0 Å². The van der Waals surface area contributed by atoms with Crippen LogP contribution in [0.1, 0.15) is 44.8 Å². The smallest absolute Gasteiger partial charge is 0.220 e. The highest BCUT2D eigenvalue weighted by Gasteiger charge is 2.12. The van der Waals surface area contributed by atoms with Gasteiger partial charge in [0.15, 0.2) is 0 Å². The SMILES string of the molecule is CCC(CC)CC(=O)NCC(O)c1ccsc1. The Hall–Kier alpha value is -0.870. The molecule has 0 aromatic carbocycles. The van der Waals surface area contributed by atoms with Crippen LogP contribution in [0.3, 0.4) is 0 Å². The van der Waals surface area contributed by atoms with E-state index in [1.807, 2.05) is 16.8 Å². The maximum atomic E-state index is 11.6. The molecule has 0 fully saturated rings. The van der Waals surface area contributed by atoms with Gasteiger partial charge in [-0.25, -0.2) is 0 Å². The summed E-state index contributed by atoms with van der Waals surface area (Å²) in [6.07, 6.45) is 2.02. The third-order valence-electron chi connectivity index (χ3n) is 3.05. The summed E-state index contributed by atoms with van der Waals surface area (Å²) >= 11 is 1.55. The van der Waals surface area contributed by atoms with E-state index in [4.69, 9.17) is 0 Å². The molecule has 1 amide bonds. The number of hydrogen-bond acceptors (Lipinski definition) is 3. The van der Waals surface area contributed by atoms with Crippen LogP contribution in [-0.4, -0.2) is 17.6 Å². The second-order valence-corrected chi connectivity index (χ2v) is 5.04. The van der Waals surface area contributed by atoms with Crippen molar-refractivity contribution in [1.29, 1.82) is 0 Å². The van der Waals surface area contributed by atoms with Crippen molar-refractivity contribution in [2.75, 3.05) is 6.54 Å². The van der Waals surface area contributed by atoms with E-state index in [0.717, 1.165) is 18.4 Å². The van der Waals surface area contributed by atoms with Gasteiger partial charge in [-0.1, -0.05) is 26.7 Å². The summed E-state index contributed by atoms with van der Waals surface area (Å²) in [5.74, 6) is 0.487. The molecule has 1 heterocycles. The predicted octanol–water partition coefficient (Wildman–Crippen LogP) is 2.72. The first-order valence-corrected chi connectivity index (χ1v) is 7.08. The van der Waals surface area contributed by atoms with Crippen molar-refractivity contribution in [3.63, 3.8) is 0 Å². The zero-order chi connectivity index (χ0) is 12.7. The quantitative estimate of drug-likeness (QED) is 0.787. The standard InChI is InChI=1S/C13H21NO2S/c1-3-10(4-2)7-13(16)14-8-12(15)11-5-6-17-9-11/h5-6,9-10,12,15H,3-4,7-8H2,1-2H3,(H,14,16). The van der Waals surface area contributed by atoms with Gasteiger partial charge in [0.2, 0.25) is 5.91 Å². The molecule has 0 aliphatic heterocycles. The number of carbonyl (C=O) groups excluding carboxylic acids is 1. The average Bonchev–Trinajstić information content (AvgIpc) is 2.86. The van der Waals surface area contributed by atoms with Gasteiger partial charge in [-0.05, 0) is 28.3 Å². The Morgan fingerprint density at radius 2 is 2.18 bits per heavy atom. The van der Waals surface area contributed by atoms with Crippen LogP contribution in [0.5, 0.6) is 0 Å². The van der Waals surface area contributed by atoms with Gasteiger partial charge in [-0.3, -0.25) is 4.79 Å². The summed E-state index contributed by atoms with van der Waals surface area (Å²) in [7, 11) is 0. The van der Waals surface area contributed by atoms with E-state index in [-0.39, 0.29) is 5.91 Å². The van der Waals surface area contributed by atoms with Crippen LogP contribution in [0.25, 0.3) is 0 Å². The fourth-order valence-electron chi connectivity index (χ4n) is 1.70. The number of amides is 1. The van der Waals surface area contributed by atoms with E-state index in [1.54, 1.807) is 11.3 Å². The van der Waals surface area contributed by atoms with Crippen LogP contribution < -0.4 is 5.32 Å². The highest BCUT2D eigenvalue weighted by atomic mass is 32.1. The fourth-order valence-corrected chi connectivity index (χ4v) is 2.41. The molecule has 0 bridgehead atoms. The molecule has 17 heavy (non-hydrogen) atoms. The molecular formula is C13H21NO2S. The Balaban J connectivity index is 2.28. The third-order valence-corrected chi connectivity index (χ3v) is 3.75. The minimum atomic E-state index is -0.591. The van der Waals surface area contributed by atoms with Crippen molar-refractivity contribution in [2.45, 2.75) is 39.2 Å².